The fraction of sp³-hybridized carbons (Fsp3) is 0.333. The van der Waals surface area contributed by atoms with E-state index in [4.69, 9.17) is 0 Å². The zero-order chi connectivity index (χ0) is 14.6. The van der Waals surface area contributed by atoms with E-state index in [9.17, 15) is 14.4 Å². The van der Waals surface area contributed by atoms with Crippen LogP contribution >= 0.6 is 7.82 Å². The molecule has 1 aromatic carbocycles. The summed E-state index contributed by atoms with van der Waals surface area (Å²) >= 11 is 0. The number of hydrogen-bond acceptors (Lipinski definition) is 5. The minimum absolute atomic E-state index is 0. The molecular weight excluding hydrogens is 609 g/mol. The minimum atomic E-state index is -5.02. The summed E-state index contributed by atoms with van der Waals surface area (Å²) in [7, 11) is -5.02. The van der Waals surface area contributed by atoms with Gasteiger partial charge in [0.15, 0.2) is 0 Å². The van der Waals surface area contributed by atoms with Gasteiger partial charge in [-0.1, -0.05) is 38.5 Å². The molecule has 0 unspecified atom stereocenters. The molecule has 106 valence electrons. The Morgan fingerprint density at radius 1 is 1.13 bits per heavy atom. The first-order valence-electron chi connectivity index (χ1n) is 5.86. The number of nitrogens with zero attached hydrogens (tertiary/aromatic N) is 2. The first-order chi connectivity index (χ1) is 8.87. The van der Waals surface area contributed by atoms with Crippen LogP contribution in [-0.4, -0.2) is 9.55 Å². The summed E-state index contributed by atoms with van der Waals surface area (Å²) in [5, 5.41) is 0. The Balaban J connectivity index is -0.000000290. The number of rotatable bonds is 3. The molecule has 11 heteroatoms. The monoisotopic (exact) mass is 623 g/mol. The van der Waals surface area contributed by atoms with Crippen LogP contribution in [0.3, 0.4) is 0 Å². The smallest absolute Gasteiger partial charge is 0.790 e. The van der Waals surface area contributed by atoms with Crippen LogP contribution in [0.2, 0.25) is 0 Å². The van der Waals surface area contributed by atoms with E-state index in [-0.39, 0.29) is 233 Å². The van der Waals surface area contributed by atoms with Gasteiger partial charge in [-0.3, -0.25) is 0 Å². The van der Waals surface area contributed by atoms with Crippen molar-refractivity contribution < 1.29 is 252 Å². The first kappa shape index (κ1) is 36.3. The molecule has 0 saturated heterocycles. The number of aromatic nitrogens is 2. The van der Waals surface area contributed by atoms with Gasteiger partial charge in [-0.15, -0.1) is 0 Å². The number of hydrogen-bond donors (Lipinski definition) is 0. The molecule has 0 saturated carbocycles. The van der Waals surface area contributed by atoms with Crippen LogP contribution in [-0.2, 0) is 9.09 Å². The summed E-state index contributed by atoms with van der Waals surface area (Å²) in [6.07, 6.45) is 0. The van der Waals surface area contributed by atoms with Gasteiger partial charge in [0.05, 0.1) is 7.82 Å². The fourth-order valence-corrected chi connectivity index (χ4v) is 1.77. The second kappa shape index (κ2) is 18.6. The van der Waals surface area contributed by atoms with Crippen molar-refractivity contribution in [3.8, 4) is 0 Å². The minimum Gasteiger partial charge on any atom is -0.790 e. The van der Waals surface area contributed by atoms with Gasteiger partial charge in [0.2, 0.25) is 0 Å². The molecule has 0 amide bonds. The maximum absolute atomic E-state index is 10.4. The number of benzene rings is 1. The molecule has 1 aromatic heterocycles. The molecular formula is C12H16N2O4PRb4+. The molecule has 0 aliphatic carbocycles. The summed E-state index contributed by atoms with van der Waals surface area (Å²) in [5.41, 5.74) is 2.40. The average Bonchev–Trinajstić information content (AvgIpc) is 2.63. The zero-order valence-corrected chi connectivity index (χ0v) is 35.8. The molecule has 0 N–H and O–H groups in total. The van der Waals surface area contributed by atoms with Gasteiger partial charge in [-0.2, -0.15) is 0 Å². The maximum Gasteiger partial charge on any atom is 1.00 e. The third-order valence-corrected chi connectivity index (χ3v) is 2.66. The average molecular weight is 625 g/mol. The van der Waals surface area contributed by atoms with Gasteiger partial charge < -0.3 is 28.4 Å². The van der Waals surface area contributed by atoms with Crippen molar-refractivity contribution in [2.24, 2.45) is 0 Å². The molecule has 0 aliphatic rings. The van der Waals surface area contributed by atoms with E-state index >= 15 is 0 Å². The number of aryl methyl sites for hydroxylation is 2. The quantitative estimate of drug-likeness (QED) is 0.250. The van der Waals surface area contributed by atoms with E-state index in [2.05, 4.69) is 9.51 Å². The number of fused-ring (bicyclic) bond motifs is 1. The molecule has 0 bridgehead atoms. The van der Waals surface area contributed by atoms with Crippen molar-refractivity contribution in [2.45, 2.75) is 27.7 Å². The molecule has 6 nitrogen and oxygen atoms in total. The Labute approximate surface area is 333 Å². The third-order valence-electron chi connectivity index (χ3n) is 2.30. The first-order valence-corrected chi connectivity index (χ1v) is 7.32. The molecule has 2 aromatic rings. The molecule has 0 atom stereocenters. The van der Waals surface area contributed by atoms with Crippen LogP contribution in [0.4, 0.5) is 0 Å². The van der Waals surface area contributed by atoms with Gasteiger partial charge >= 0.3 is 233 Å². The number of phosphoric acid groups is 1. The van der Waals surface area contributed by atoms with E-state index in [0.717, 1.165) is 12.3 Å². The van der Waals surface area contributed by atoms with Crippen LogP contribution in [0.5, 0.6) is 0 Å². The van der Waals surface area contributed by atoms with E-state index in [1.54, 1.807) is 6.92 Å². The molecule has 0 aliphatic heterocycles. The van der Waals surface area contributed by atoms with Gasteiger partial charge in [0.1, 0.15) is 0 Å². The summed E-state index contributed by atoms with van der Waals surface area (Å²) < 4.78 is 16.0. The predicted octanol–water partition coefficient (Wildman–Crippen LogP) is -10.5. The number of phosphoric ester groups is 1. The molecule has 0 fully saturated rings. The van der Waals surface area contributed by atoms with Gasteiger partial charge in [0, 0.05) is 18.1 Å². The van der Waals surface area contributed by atoms with Gasteiger partial charge in [0.25, 0.3) is 0 Å². The summed E-state index contributed by atoms with van der Waals surface area (Å²) in [6, 6.07) is 5.54. The standard InChI is InChI=1S/C10H12N2O4P.C2H6.4Rb/c1-7-3-4-9-10(5-7)12(8(2)11-9)6-16-17(13,14)15;1-2;;;;/h3-6H,1-2H3,(H2,13,14,15);1-2H3;;;;/q-1;;4*+1/p-2. The van der Waals surface area contributed by atoms with Crippen molar-refractivity contribution in [2.75, 3.05) is 0 Å². The van der Waals surface area contributed by atoms with Crippen molar-refractivity contribution in [1.29, 1.82) is 0 Å². The largest absolute Gasteiger partial charge is 1.00 e. The molecule has 2 rings (SSSR count). The second-order valence-corrected chi connectivity index (χ2v) is 4.78. The normalized spacial score (nSPS) is 9.13. The van der Waals surface area contributed by atoms with Gasteiger partial charge in [-0.05, 0) is 18.5 Å². The van der Waals surface area contributed by atoms with E-state index in [1.807, 2.05) is 39.0 Å². The Kier molecular flexibility index (Phi) is 29.4. The van der Waals surface area contributed by atoms with Crippen molar-refractivity contribution in [1.82, 2.24) is 9.55 Å². The van der Waals surface area contributed by atoms with Crippen LogP contribution in [0.25, 0.3) is 11.0 Å². The number of imidazole rings is 1. The summed E-state index contributed by atoms with van der Waals surface area (Å²) in [5.74, 6) is 0.541. The topological polar surface area (TPSA) is 90.2 Å². The Morgan fingerprint density at radius 2 is 1.65 bits per heavy atom. The van der Waals surface area contributed by atoms with Crippen LogP contribution < -0.4 is 243 Å². The fourth-order valence-electron chi connectivity index (χ4n) is 1.56. The van der Waals surface area contributed by atoms with Crippen LogP contribution in [0, 0.1) is 20.6 Å². The Hall–Kier alpha value is 5.89. The second-order valence-electron chi connectivity index (χ2n) is 3.68. The molecule has 23 heavy (non-hydrogen) atoms. The Morgan fingerprint density at radius 3 is 2.13 bits per heavy atom. The van der Waals surface area contributed by atoms with Crippen LogP contribution in [0.1, 0.15) is 25.2 Å². The van der Waals surface area contributed by atoms with Crippen molar-refractivity contribution >= 4 is 18.9 Å². The van der Waals surface area contributed by atoms with Crippen molar-refractivity contribution in [3.63, 3.8) is 0 Å². The van der Waals surface area contributed by atoms with Gasteiger partial charge in [-0.25, -0.2) is 0 Å². The SMILES string of the molecule is CC.Cc1ccc2nc(C)n([CH-]OP(=O)([O-])[O-])c2c1.[Rb+].[Rb+].[Rb+].[Rb+]. The molecule has 0 spiro atoms. The summed E-state index contributed by atoms with van der Waals surface area (Å²) in [6.45, 7) is 8.46. The maximum atomic E-state index is 10.4. The van der Waals surface area contributed by atoms with E-state index < -0.39 is 7.82 Å². The van der Waals surface area contributed by atoms with Crippen molar-refractivity contribution in [3.05, 3.63) is 36.3 Å². The Bertz CT molecular complexity index is 618. The van der Waals surface area contributed by atoms with Crippen LogP contribution in [0.15, 0.2) is 18.2 Å². The molecule has 0 radical (unpaired) electrons. The van der Waals surface area contributed by atoms with E-state index in [1.165, 1.54) is 4.57 Å². The zero-order valence-electron chi connectivity index (χ0n) is 15.3. The predicted molar refractivity (Wildman–Crippen MR) is 68.9 cm³/mol. The summed E-state index contributed by atoms with van der Waals surface area (Å²) in [4.78, 5) is 25.1. The molecule has 1 heterocycles. The van der Waals surface area contributed by atoms with E-state index in [0.29, 0.717) is 16.9 Å². The third kappa shape index (κ3) is 13.7.